The lowest BCUT2D eigenvalue weighted by Crippen LogP contribution is -2.13. The SMILES string of the molecule is Nc1ccc(Cn2ccc(C(F)(F)F)n2)c(C(F)(F)F)c1. The van der Waals surface area contributed by atoms with Crippen molar-refractivity contribution in [3.63, 3.8) is 0 Å². The van der Waals surface area contributed by atoms with Gasteiger partial charge in [-0.3, -0.25) is 4.68 Å². The standard InChI is InChI=1S/C12H9F6N3/c13-11(14,15)9-5-8(19)2-1-7(9)6-21-4-3-10(20-21)12(16,17)18/h1-5H,6,19H2. The van der Waals surface area contributed by atoms with Crippen LogP contribution in [0, 0.1) is 0 Å². The van der Waals surface area contributed by atoms with Gasteiger partial charge in [0.05, 0.1) is 12.1 Å². The fourth-order valence-electron chi connectivity index (χ4n) is 1.77. The van der Waals surface area contributed by atoms with E-state index in [0.29, 0.717) is 6.07 Å². The van der Waals surface area contributed by atoms with Crippen LogP contribution in [0.3, 0.4) is 0 Å². The lowest BCUT2D eigenvalue weighted by atomic mass is 10.1. The molecule has 0 amide bonds. The van der Waals surface area contributed by atoms with Crippen molar-refractivity contribution in [3.8, 4) is 0 Å². The number of nitrogens with zero attached hydrogens (tertiary/aromatic N) is 2. The Morgan fingerprint density at radius 1 is 1.00 bits per heavy atom. The minimum atomic E-state index is -4.65. The number of anilines is 1. The number of hydrogen-bond donors (Lipinski definition) is 1. The molecule has 2 N–H and O–H groups in total. The average molecular weight is 309 g/mol. The second-order valence-electron chi connectivity index (χ2n) is 4.31. The molecule has 0 radical (unpaired) electrons. The minimum absolute atomic E-state index is 0.0810. The van der Waals surface area contributed by atoms with Gasteiger partial charge in [0.2, 0.25) is 0 Å². The molecular weight excluding hydrogens is 300 g/mol. The molecule has 9 heteroatoms. The van der Waals surface area contributed by atoms with E-state index in [1.807, 2.05) is 0 Å². The molecule has 2 rings (SSSR count). The van der Waals surface area contributed by atoms with Crippen LogP contribution in [0.4, 0.5) is 32.0 Å². The number of nitrogens with two attached hydrogens (primary N) is 1. The zero-order valence-electron chi connectivity index (χ0n) is 10.3. The van der Waals surface area contributed by atoms with Gasteiger partial charge in [-0.25, -0.2) is 0 Å². The second-order valence-corrected chi connectivity index (χ2v) is 4.31. The Balaban J connectivity index is 2.34. The van der Waals surface area contributed by atoms with Crippen LogP contribution in [0.5, 0.6) is 0 Å². The fourth-order valence-corrected chi connectivity index (χ4v) is 1.77. The van der Waals surface area contributed by atoms with Crippen LogP contribution in [0.25, 0.3) is 0 Å². The molecule has 0 unspecified atom stereocenters. The van der Waals surface area contributed by atoms with Gasteiger partial charge in [0.25, 0.3) is 0 Å². The zero-order chi connectivity index (χ0) is 15.8. The van der Waals surface area contributed by atoms with Crippen molar-refractivity contribution in [1.82, 2.24) is 9.78 Å². The molecule has 0 aliphatic rings. The molecule has 0 aliphatic heterocycles. The van der Waals surface area contributed by atoms with E-state index in [1.165, 1.54) is 6.07 Å². The summed E-state index contributed by atoms with van der Waals surface area (Å²) in [6.07, 6.45) is -8.32. The normalized spacial score (nSPS) is 12.7. The summed E-state index contributed by atoms with van der Waals surface area (Å²) in [4.78, 5) is 0. The molecule has 0 atom stereocenters. The third kappa shape index (κ3) is 3.47. The molecule has 1 heterocycles. The van der Waals surface area contributed by atoms with E-state index in [9.17, 15) is 26.3 Å². The number of hydrogen-bond acceptors (Lipinski definition) is 2. The summed E-state index contributed by atoms with van der Waals surface area (Å²) in [6.45, 7) is -0.439. The number of rotatable bonds is 2. The largest absolute Gasteiger partial charge is 0.435 e. The first-order chi connectivity index (χ1) is 9.57. The highest BCUT2D eigenvalue weighted by molar-refractivity contribution is 5.46. The van der Waals surface area contributed by atoms with Gasteiger partial charge in [0.15, 0.2) is 5.69 Å². The molecule has 1 aromatic heterocycles. The van der Waals surface area contributed by atoms with Gasteiger partial charge >= 0.3 is 12.4 Å². The maximum atomic E-state index is 12.9. The average Bonchev–Trinajstić information content (AvgIpc) is 2.78. The molecule has 0 saturated carbocycles. The number of nitrogen functional groups attached to an aromatic ring is 1. The van der Waals surface area contributed by atoms with Crippen LogP contribution in [0.1, 0.15) is 16.8 Å². The monoisotopic (exact) mass is 309 g/mol. The molecule has 21 heavy (non-hydrogen) atoms. The molecule has 1 aromatic carbocycles. The Kier molecular flexibility index (Phi) is 3.60. The summed E-state index contributed by atoms with van der Waals surface area (Å²) in [5.41, 5.74) is 2.86. The van der Waals surface area contributed by atoms with Crippen LogP contribution in [-0.2, 0) is 18.9 Å². The molecule has 0 spiro atoms. The van der Waals surface area contributed by atoms with Gasteiger partial charge in [-0.1, -0.05) is 6.07 Å². The van der Waals surface area contributed by atoms with Crippen molar-refractivity contribution < 1.29 is 26.3 Å². The van der Waals surface area contributed by atoms with Crippen LogP contribution in [0.15, 0.2) is 30.5 Å². The van der Waals surface area contributed by atoms with Gasteiger partial charge < -0.3 is 5.73 Å². The van der Waals surface area contributed by atoms with Crippen molar-refractivity contribution in [1.29, 1.82) is 0 Å². The van der Waals surface area contributed by atoms with Crippen LogP contribution < -0.4 is 5.73 Å². The lowest BCUT2D eigenvalue weighted by molar-refractivity contribution is -0.142. The van der Waals surface area contributed by atoms with Crippen LogP contribution in [0.2, 0.25) is 0 Å². The first kappa shape index (κ1) is 15.2. The first-order valence-corrected chi connectivity index (χ1v) is 5.63. The number of halogens is 6. The van der Waals surface area contributed by atoms with E-state index < -0.39 is 30.2 Å². The molecular formula is C12H9F6N3. The van der Waals surface area contributed by atoms with Crippen molar-refractivity contribution >= 4 is 5.69 Å². The van der Waals surface area contributed by atoms with Crippen molar-refractivity contribution in [2.75, 3.05) is 5.73 Å². The Bertz CT molecular complexity index is 641. The number of alkyl halides is 6. The molecule has 2 aromatic rings. The Morgan fingerprint density at radius 2 is 1.67 bits per heavy atom. The van der Waals surface area contributed by atoms with Crippen molar-refractivity contribution in [2.45, 2.75) is 18.9 Å². The van der Waals surface area contributed by atoms with E-state index >= 15 is 0 Å². The first-order valence-electron chi connectivity index (χ1n) is 5.63. The van der Waals surface area contributed by atoms with Crippen molar-refractivity contribution in [2.24, 2.45) is 0 Å². The highest BCUT2D eigenvalue weighted by Crippen LogP contribution is 2.34. The quantitative estimate of drug-likeness (QED) is 0.681. The van der Waals surface area contributed by atoms with Gasteiger partial charge in [0, 0.05) is 11.9 Å². The van der Waals surface area contributed by atoms with Gasteiger partial charge in [-0.15, -0.1) is 0 Å². The molecule has 3 nitrogen and oxygen atoms in total. The van der Waals surface area contributed by atoms with E-state index in [4.69, 9.17) is 5.73 Å². The predicted molar refractivity (Wildman–Crippen MR) is 62.2 cm³/mol. The summed E-state index contributed by atoms with van der Waals surface area (Å²) in [5, 5.41) is 3.22. The van der Waals surface area contributed by atoms with E-state index in [-0.39, 0.29) is 11.3 Å². The fraction of sp³-hybridized carbons (Fsp3) is 0.250. The maximum Gasteiger partial charge on any atom is 0.435 e. The molecule has 0 aliphatic carbocycles. The van der Waals surface area contributed by atoms with Crippen LogP contribution >= 0.6 is 0 Å². The highest BCUT2D eigenvalue weighted by Gasteiger charge is 2.35. The van der Waals surface area contributed by atoms with Gasteiger partial charge in [0.1, 0.15) is 0 Å². The van der Waals surface area contributed by atoms with Crippen LogP contribution in [-0.4, -0.2) is 9.78 Å². The third-order valence-corrected chi connectivity index (χ3v) is 2.70. The molecule has 0 bridgehead atoms. The molecule has 0 saturated heterocycles. The lowest BCUT2D eigenvalue weighted by Gasteiger charge is -2.13. The summed E-state index contributed by atoms with van der Waals surface area (Å²) < 4.78 is 76.5. The van der Waals surface area contributed by atoms with E-state index in [2.05, 4.69) is 5.10 Å². The maximum absolute atomic E-state index is 12.9. The number of aromatic nitrogens is 2. The van der Waals surface area contributed by atoms with E-state index in [1.54, 1.807) is 0 Å². The Labute approximate surface area is 115 Å². The summed E-state index contributed by atoms with van der Waals surface area (Å²) in [5.74, 6) is 0. The summed E-state index contributed by atoms with van der Waals surface area (Å²) in [7, 11) is 0. The topological polar surface area (TPSA) is 43.8 Å². The van der Waals surface area contributed by atoms with Crippen molar-refractivity contribution in [3.05, 3.63) is 47.3 Å². The Hall–Kier alpha value is -2.19. The predicted octanol–water partition coefficient (Wildman–Crippen LogP) is 3.55. The summed E-state index contributed by atoms with van der Waals surface area (Å²) in [6, 6.07) is 3.81. The minimum Gasteiger partial charge on any atom is -0.399 e. The number of benzene rings is 1. The second kappa shape index (κ2) is 4.97. The zero-order valence-corrected chi connectivity index (χ0v) is 10.3. The molecule has 0 fully saturated rings. The van der Waals surface area contributed by atoms with Gasteiger partial charge in [-0.05, 0) is 23.8 Å². The third-order valence-electron chi connectivity index (χ3n) is 2.70. The van der Waals surface area contributed by atoms with E-state index in [0.717, 1.165) is 23.0 Å². The molecule has 114 valence electrons. The highest BCUT2D eigenvalue weighted by atomic mass is 19.4. The summed E-state index contributed by atoms with van der Waals surface area (Å²) >= 11 is 0. The Morgan fingerprint density at radius 3 is 2.19 bits per heavy atom. The van der Waals surface area contributed by atoms with Gasteiger partial charge in [-0.2, -0.15) is 31.4 Å². The smallest absolute Gasteiger partial charge is 0.399 e.